The van der Waals surface area contributed by atoms with Crippen LogP contribution in [0.2, 0.25) is 0 Å². The smallest absolute Gasteiger partial charge is 0.126 e. The van der Waals surface area contributed by atoms with Gasteiger partial charge in [-0.15, -0.1) is 0 Å². The molecule has 2 rings (SSSR count). The molecule has 1 aromatic rings. The lowest BCUT2D eigenvalue weighted by Crippen LogP contribution is -2.22. The first-order valence-corrected chi connectivity index (χ1v) is 6.13. The highest BCUT2D eigenvalue weighted by Crippen LogP contribution is 2.43. The molecule has 1 saturated carbocycles. The molecule has 1 aromatic heterocycles. The van der Waals surface area contributed by atoms with Crippen LogP contribution in [0.15, 0.2) is 24.5 Å². The molecule has 0 saturated heterocycles. The van der Waals surface area contributed by atoms with Crippen LogP contribution in [0, 0.1) is 11.3 Å². The van der Waals surface area contributed by atoms with Crippen molar-refractivity contribution in [2.75, 3.05) is 0 Å². The molecular formula is C14H19NO. The van der Waals surface area contributed by atoms with Gasteiger partial charge in [-0.1, -0.05) is 19.4 Å². The number of nitrogens with zero attached hydrogens (tertiary/aromatic N) is 1. The van der Waals surface area contributed by atoms with Crippen LogP contribution >= 0.6 is 0 Å². The third kappa shape index (κ3) is 2.31. The maximum atomic E-state index is 11.4. The molecule has 1 fully saturated rings. The van der Waals surface area contributed by atoms with Gasteiger partial charge < -0.3 is 4.79 Å². The fourth-order valence-corrected chi connectivity index (χ4v) is 2.84. The summed E-state index contributed by atoms with van der Waals surface area (Å²) in [6.45, 7) is 2.22. The highest BCUT2D eigenvalue weighted by atomic mass is 16.1. The average molecular weight is 217 g/mol. The standard InChI is InChI=1S/C14H19NO/c1-2-12-5-6-14(8-12,11-16)9-13-4-3-7-15-10-13/h3-4,7,10-12H,2,5-6,8-9H2,1H3. The summed E-state index contributed by atoms with van der Waals surface area (Å²) >= 11 is 0. The van der Waals surface area contributed by atoms with Gasteiger partial charge in [0.2, 0.25) is 0 Å². The van der Waals surface area contributed by atoms with Gasteiger partial charge >= 0.3 is 0 Å². The Labute approximate surface area is 97.1 Å². The lowest BCUT2D eigenvalue weighted by molar-refractivity contribution is -0.116. The first-order valence-electron chi connectivity index (χ1n) is 6.13. The third-order valence-electron chi connectivity index (χ3n) is 3.85. The normalized spacial score (nSPS) is 29.2. The van der Waals surface area contributed by atoms with Crippen molar-refractivity contribution in [1.29, 1.82) is 0 Å². The van der Waals surface area contributed by atoms with Gasteiger partial charge in [0.15, 0.2) is 0 Å². The lowest BCUT2D eigenvalue weighted by Gasteiger charge is -2.22. The molecule has 2 unspecified atom stereocenters. The minimum absolute atomic E-state index is 0.107. The quantitative estimate of drug-likeness (QED) is 0.726. The average Bonchev–Trinajstić information content (AvgIpc) is 2.75. The van der Waals surface area contributed by atoms with Gasteiger partial charge in [0.05, 0.1) is 0 Å². The van der Waals surface area contributed by atoms with E-state index in [1.807, 2.05) is 12.3 Å². The molecule has 2 atom stereocenters. The third-order valence-corrected chi connectivity index (χ3v) is 3.85. The zero-order chi connectivity index (χ0) is 11.4. The van der Waals surface area contributed by atoms with Crippen molar-refractivity contribution in [3.05, 3.63) is 30.1 Å². The molecule has 1 aliphatic rings. The molecule has 0 bridgehead atoms. The summed E-state index contributed by atoms with van der Waals surface area (Å²) in [6.07, 6.45) is 10.2. The Morgan fingerprint density at radius 3 is 3.06 bits per heavy atom. The largest absolute Gasteiger partial charge is 0.303 e. The van der Waals surface area contributed by atoms with E-state index in [1.165, 1.54) is 24.7 Å². The zero-order valence-corrected chi connectivity index (χ0v) is 9.86. The van der Waals surface area contributed by atoms with Crippen molar-refractivity contribution in [1.82, 2.24) is 4.98 Å². The van der Waals surface area contributed by atoms with E-state index in [-0.39, 0.29) is 5.41 Å². The number of aromatic nitrogens is 1. The van der Waals surface area contributed by atoms with E-state index in [9.17, 15) is 4.79 Å². The predicted molar refractivity (Wildman–Crippen MR) is 64.1 cm³/mol. The fourth-order valence-electron chi connectivity index (χ4n) is 2.84. The maximum Gasteiger partial charge on any atom is 0.126 e. The molecule has 0 spiro atoms. The van der Waals surface area contributed by atoms with Crippen LogP contribution in [0.3, 0.4) is 0 Å². The molecule has 16 heavy (non-hydrogen) atoms. The number of pyridine rings is 1. The van der Waals surface area contributed by atoms with E-state index in [1.54, 1.807) is 6.20 Å². The molecular weight excluding hydrogens is 198 g/mol. The number of aldehydes is 1. The molecule has 0 amide bonds. The molecule has 0 aliphatic heterocycles. The molecule has 86 valence electrons. The Kier molecular flexibility index (Phi) is 3.37. The second-order valence-electron chi connectivity index (χ2n) is 5.04. The number of carbonyl (C=O) groups excluding carboxylic acids is 1. The Morgan fingerprint density at radius 1 is 1.62 bits per heavy atom. The SMILES string of the molecule is CCC1CCC(C=O)(Cc2cccnc2)C1. The minimum atomic E-state index is -0.107. The minimum Gasteiger partial charge on any atom is -0.303 e. The van der Waals surface area contributed by atoms with Gasteiger partial charge in [0, 0.05) is 17.8 Å². The van der Waals surface area contributed by atoms with E-state index >= 15 is 0 Å². The number of rotatable bonds is 4. The highest BCUT2D eigenvalue weighted by Gasteiger charge is 2.38. The Morgan fingerprint density at radius 2 is 2.50 bits per heavy atom. The van der Waals surface area contributed by atoms with Crippen LogP contribution in [0.4, 0.5) is 0 Å². The van der Waals surface area contributed by atoms with Crippen LogP contribution < -0.4 is 0 Å². The second kappa shape index (κ2) is 4.77. The van der Waals surface area contributed by atoms with Crippen LogP contribution in [-0.4, -0.2) is 11.3 Å². The number of hydrogen-bond acceptors (Lipinski definition) is 2. The lowest BCUT2D eigenvalue weighted by atomic mass is 9.81. The summed E-state index contributed by atoms with van der Waals surface area (Å²) in [5.74, 6) is 0.738. The van der Waals surface area contributed by atoms with Crippen LogP contribution in [-0.2, 0) is 11.2 Å². The van der Waals surface area contributed by atoms with Crippen molar-refractivity contribution >= 4 is 6.29 Å². The van der Waals surface area contributed by atoms with Gasteiger partial charge in [-0.25, -0.2) is 0 Å². The van der Waals surface area contributed by atoms with Crippen molar-refractivity contribution in [3.8, 4) is 0 Å². The summed E-state index contributed by atoms with van der Waals surface area (Å²) in [5.41, 5.74) is 1.08. The summed E-state index contributed by atoms with van der Waals surface area (Å²) in [7, 11) is 0. The Bertz CT molecular complexity index is 349. The van der Waals surface area contributed by atoms with Gasteiger partial charge in [-0.2, -0.15) is 0 Å². The van der Waals surface area contributed by atoms with Crippen molar-refractivity contribution in [2.24, 2.45) is 11.3 Å². The van der Waals surface area contributed by atoms with Gasteiger partial charge in [-0.3, -0.25) is 4.98 Å². The first kappa shape index (κ1) is 11.3. The molecule has 0 radical (unpaired) electrons. The molecule has 0 N–H and O–H groups in total. The van der Waals surface area contributed by atoms with Gasteiger partial charge in [0.1, 0.15) is 6.29 Å². The molecule has 1 aliphatic carbocycles. The molecule has 2 nitrogen and oxygen atoms in total. The summed E-state index contributed by atoms with van der Waals surface area (Å²) in [5, 5.41) is 0. The van der Waals surface area contributed by atoms with E-state index in [2.05, 4.69) is 18.0 Å². The van der Waals surface area contributed by atoms with Crippen molar-refractivity contribution in [3.63, 3.8) is 0 Å². The Balaban J connectivity index is 2.09. The first-order chi connectivity index (χ1) is 7.78. The second-order valence-corrected chi connectivity index (χ2v) is 5.04. The van der Waals surface area contributed by atoms with E-state index < -0.39 is 0 Å². The Hall–Kier alpha value is -1.18. The number of carbonyl (C=O) groups is 1. The monoisotopic (exact) mass is 217 g/mol. The predicted octanol–water partition coefficient (Wildman–Crippen LogP) is 3.02. The maximum absolute atomic E-state index is 11.4. The van der Waals surface area contributed by atoms with Crippen LogP contribution in [0.5, 0.6) is 0 Å². The number of hydrogen-bond donors (Lipinski definition) is 0. The summed E-state index contributed by atoms with van der Waals surface area (Å²) in [4.78, 5) is 15.5. The molecule has 1 heterocycles. The fraction of sp³-hybridized carbons (Fsp3) is 0.571. The van der Waals surface area contributed by atoms with Gasteiger partial charge in [-0.05, 0) is 43.2 Å². The van der Waals surface area contributed by atoms with Crippen molar-refractivity contribution in [2.45, 2.75) is 39.0 Å². The highest BCUT2D eigenvalue weighted by molar-refractivity contribution is 5.60. The summed E-state index contributed by atoms with van der Waals surface area (Å²) < 4.78 is 0. The zero-order valence-electron chi connectivity index (χ0n) is 9.86. The van der Waals surface area contributed by atoms with Crippen molar-refractivity contribution < 1.29 is 4.79 Å². The van der Waals surface area contributed by atoms with E-state index in [0.717, 1.165) is 25.2 Å². The molecule has 2 heteroatoms. The van der Waals surface area contributed by atoms with E-state index in [0.29, 0.717) is 0 Å². The summed E-state index contributed by atoms with van der Waals surface area (Å²) in [6, 6.07) is 4.01. The van der Waals surface area contributed by atoms with Crippen LogP contribution in [0.25, 0.3) is 0 Å². The van der Waals surface area contributed by atoms with E-state index in [4.69, 9.17) is 0 Å². The van der Waals surface area contributed by atoms with Crippen LogP contribution in [0.1, 0.15) is 38.2 Å². The van der Waals surface area contributed by atoms with Gasteiger partial charge in [0.25, 0.3) is 0 Å². The molecule has 0 aromatic carbocycles. The topological polar surface area (TPSA) is 30.0 Å².